The number of aromatic nitrogens is 2. The molecule has 2 atom stereocenters. The molecule has 2 aliphatic rings. The van der Waals surface area contributed by atoms with E-state index in [0.29, 0.717) is 6.04 Å². The van der Waals surface area contributed by atoms with E-state index in [-0.39, 0.29) is 0 Å². The lowest BCUT2D eigenvalue weighted by Crippen LogP contribution is -2.37. The Labute approximate surface area is 109 Å². The molecule has 0 aromatic carbocycles. The number of hydrogen-bond donors (Lipinski definition) is 1. The number of aryl methyl sites for hydroxylation is 1. The van der Waals surface area contributed by atoms with Crippen LogP contribution < -0.4 is 5.32 Å². The molecule has 1 aromatic rings. The van der Waals surface area contributed by atoms with Crippen molar-refractivity contribution < 1.29 is 0 Å². The predicted octanol–water partition coefficient (Wildman–Crippen LogP) is 2.42. The van der Waals surface area contributed by atoms with Crippen LogP contribution in [-0.4, -0.2) is 40.1 Å². The normalized spacial score (nSPS) is 28.3. The second kappa shape index (κ2) is 4.92. The topological polar surface area (TPSA) is 33.1 Å². The van der Waals surface area contributed by atoms with Crippen molar-refractivity contribution in [3.05, 3.63) is 11.9 Å². The zero-order chi connectivity index (χ0) is 12.5. The number of hydrogen-bond acceptors (Lipinski definition) is 3. The number of nitrogens with one attached hydrogen (secondary N) is 1. The lowest BCUT2D eigenvalue weighted by atomic mass is 9.99. The molecule has 1 N–H and O–H groups in total. The van der Waals surface area contributed by atoms with E-state index in [1.165, 1.54) is 38.8 Å². The molecule has 4 heteroatoms. The van der Waals surface area contributed by atoms with Crippen LogP contribution in [0.5, 0.6) is 0 Å². The summed E-state index contributed by atoms with van der Waals surface area (Å²) in [6.45, 7) is 7.72. The third kappa shape index (κ3) is 2.03. The molecular formula is C14H24N4. The van der Waals surface area contributed by atoms with Crippen LogP contribution in [0.3, 0.4) is 0 Å². The van der Waals surface area contributed by atoms with Crippen molar-refractivity contribution in [1.82, 2.24) is 14.5 Å². The quantitative estimate of drug-likeness (QED) is 0.892. The van der Waals surface area contributed by atoms with Gasteiger partial charge in [0.05, 0.1) is 11.7 Å². The van der Waals surface area contributed by atoms with Gasteiger partial charge in [-0.2, -0.15) is 0 Å². The highest BCUT2D eigenvalue weighted by atomic mass is 15.3. The van der Waals surface area contributed by atoms with Gasteiger partial charge in [0.25, 0.3) is 0 Å². The zero-order valence-corrected chi connectivity index (χ0v) is 11.5. The molecular weight excluding hydrogens is 224 g/mol. The third-order valence-electron chi connectivity index (χ3n) is 4.37. The Bertz CT molecular complexity index is 412. The SMILES string of the molecule is CCNc1nc(C)cn1C1CCN2CCCCC12. The maximum absolute atomic E-state index is 4.62. The first-order valence-corrected chi connectivity index (χ1v) is 7.33. The molecule has 3 heterocycles. The van der Waals surface area contributed by atoms with E-state index >= 15 is 0 Å². The van der Waals surface area contributed by atoms with Crippen molar-refractivity contribution in [2.75, 3.05) is 25.0 Å². The van der Waals surface area contributed by atoms with Crippen LogP contribution in [0.15, 0.2) is 6.20 Å². The minimum atomic E-state index is 0.626. The summed E-state index contributed by atoms with van der Waals surface area (Å²) in [5.74, 6) is 1.06. The van der Waals surface area contributed by atoms with Crippen LogP contribution in [0, 0.1) is 6.92 Å². The van der Waals surface area contributed by atoms with E-state index in [0.717, 1.165) is 24.2 Å². The summed E-state index contributed by atoms with van der Waals surface area (Å²) in [6.07, 6.45) is 7.63. The summed E-state index contributed by atoms with van der Waals surface area (Å²) in [5, 5.41) is 3.40. The van der Waals surface area contributed by atoms with Crippen LogP contribution in [-0.2, 0) is 0 Å². The molecule has 100 valence electrons. The van der Waals surface area contributed by atoms with Crippen molar-refractivity contribution in [1.29, 1.82) is 0 Å². The average Bonchev–Trinajstić information content (AvgIpc) is 2.93. The number of imidazole rings is 1. The van der Waals surface area contributed by atoms with Gasteiger partial charge in [-0.25, -0.2) is 4.98 Å². The Hall–Kier alpha value is -1.03. The molecule has 2 unspecified atom stereocenters. The van der Waals surface area contributed by atoms with Crippen molar-refractivity contribution in [2.24, 2.45) is 0 Å². The molecule has 0 saturated carbocycles. The van der Waals surface area contributed by atoms with Crippen molar-refractivity contribution in [2.45, 2.75) is 51.6 Å². The molecule has 2 fully saturated rings. The second-order valence-electron chi connectivity index (χ2n) is 5.60. The molecule has 0 spiro atoms. The predicted molar refractivity (Wildman–Crippen MR) is 74.0 cm³/mol. The minimum absolute atomic E-state index is 0.626. The molecule has 2 aliphatic heterocycles. The molecule has 2 saturated heterocycles. The van der Waals surface area contributed by atoms with E-state index in [1.807, 2.05) is 0 Å². The van der Waals surface area contributed by atoms with Gasteiger partial charge in [0, 0.05) is 25.3 Å². The summed E-state index contributed by atoms with van der Waals surface area (Å²) in [7, 11) is 0. The largest absolute Gasteiger partial charge is 0.356 e. The molecule has 18 heavy (non-hydrogen) atoms. The lowest BCUT2D eigenvalue weighted by Gasteiger charge is -2.33. The van der Waals surface area contributed by atoms with Gasteiger partial charge < -0.3 is 9.88 Å². The lowest BCUT2D eigenvalue weighted by molar-refractivity contribution is 0.174. The van der Waals surface area contributed by atoms with E-state index in [4.69, 9.17) is 0 Å². The first-order valence-electron chi connectivity index (χ1n) is 7.33. The summed E-state index contributed by atoms with van der Waals surface area (Å²) < 4.78 is 2.40. The first-order chi connectivity index (χ1) is 8.79. The Balaban J connectivity index is 1.85. The van der Waals surface area contributed by atoms with Gasteiger partial charge in [-0.15, -0.1) is 0 Å². The van der Waals surface area contributed by atoms with Crippen LogP contribution in [0.2, 0.25) is 0 Å². The van der Waals surface area contributed by atoms with E-state index in [2.05, 4.69) is 39.8 Å². The molecule has 3 rings (SSSR count). The summed E-state index contributed by atoms with van der Waals surface area (Å²) in [6, 6.07) is 1.37. The van der Waals surface area contributed by atoms with Gasteiger partial charge in [0.1, 0.15) is 0 Å². The number of nitrogens with zero attached hydrogens (tertiary/aromatic N) is 3. The summed E-state index contributed by atoms with van der Waals surface area (Å²) in [4.78, 5) is 7.30. The Kier molecular flexibility index (Phi) is 3.29. The highest BCUT2D eigenvalue weighted by Gasteiger charge is 2.37. The Morgan fingerprint density at radius 2 is 2.17 bits per heavy atom. The number of anilines is 1. The fourth-order valence-electron chi connectivity index (χ4n) is 3.60. The summed E-state index contributed by atoms with van der Waals surface area (Å²) in [5.41, 5.74) is 1.13. The molecule has 0 radical (unpaired) electrons. The van der Waals surface area contributed by atoms with E-state index < -0.39 is 0 Å². The highest BCUT2D eigenvalue weighted by Crippen LogP contribution is 2.36. The van der Waals surface area contributed by atoms with Gasteiger partial charge in [-0.05, 0) is 39.7 Å². The average molecular weight is 248 g/mol. The van der Waals surface area contributed by atoms with Crippen molar-refractivity contribution >= 4 is 5.95 Å². The van der Waals surface area contributed by atoms with Crippen molar-refractivity contribution in [3.63, 3.8) is 0 Å². The van der Waals surface area contributed by atoms with E-state index in [9.17, 15) is 0 Å². The van der Waals surface area contributed by atoms with Crippen LogP contribution >= 0.6 is 0 Å². The fraction of sp³-hybridized carbons (Fsp3) is 0.786. The van der Waals surface area contributed by atoms with Crippen LogP contribution in [0.4, 0.5) is 5.95 Å². The maximum atomic E-state index is 4.62. The second-order valence-corrected chi connectivity index (χ2v) is 5.60. The molecule has 0 bridgehead atoms. The first kappa shape index (κ1) is 12.0. The van der Waals surface area contributed by atoms with Gasteiger partial charge in [-0.3, -0.25) is 4.90 Å². The Morgan fingerprint density at radius 1 is 1.28 bits per heavy atom. The Morgan fingerprint density at radius 3 is 3.00 bits per heavy atom. The molecule has 0 aliphatic carbocycles. The monoisotopic (exact) mass is 248 g/mol. The molecule has 1 aromatic heterocycles. The zero-order valence-electron chi connectivity index (χ0n) is 11.5. The number of piperidine rings is 1. The summed E-state index contributed by atoms with van der Waals surface area (Å²) >= 11 is 0. The van der Waals surface area contributed by atoms with Crippen molar-refractivity contribution in [3.8, 4) is 0 Å². The smallest absolute Gasteiger partial charge is 0.203 e. The highest BCUT2D eigenvalue weighted by molar-refractivity contribution is 5.30. The van der Waals surface area contributed by atoms with Gasteiger partial charge in [0.15, 0.2) is 0 Å². The van der Waals surface area contributed by atoms with Gasteiger partial charge in [0.2, 0.25) is 5.95 Å². The third-order valence-corrected chi connectivity index (χ3v) is 4.37. The van der Waals surface area contributed by atoms with E-state index in [1.54, 1.807) is 0 Å². The van der Waals surface area contributed by atoms with Gasteiger partial charge in [-0.1, -0.05) is 6.42 Å². The number of rotatable bonds is 3. The molecule has 0 amide bonds. The number of fused-ring (bicyclic) bond motifs is 1. The maximum Gasteiger partial charge on any atom is 0.203 e. The molecule has 4 nitrogen and oxygen atoms in total. The minimum Gasteiger partial charge on any atom is -0.356 e. The van der Waals surface area contributed by atoms with Crippen LogP contribution in [0.1, 0.15) is 44.3 Å². The van der Waals surface area contributed by atoms with Gasteiger partial charge >= 0.3 is 0 Å². The standard InChI is InChI=1S/C14H24N4/c1-3-15-14-16-11(2)10-18(14)13-7-9-17-8-5-4-6-12(13)17/h10,12-13H,3-9H2,1-2H3,(H,15,16). The van der Waals surface area contributed by atoms with Crippen LogP contribution in [0.25, 0.3) is 0 Å². The fourth-order valence-corrected chi connectivity index (χ4v) is 3.60.